The highest BCUT2D eigenvalue weighted by Gasteiger charge is 2.21. The number of ether oxygens (including phenoxy) is 1. The molecular formula is C23H25N5O3. The van der Waals surface area contributed by atoms with Crippen molar-refractivity contribution in [1.29, 1.82) is 0 Å². The van der Waals surface area contributed by atoms with Gasteiger partial charge in [0.15, 0.2) is 5.69 Å². The molecule has 2 amide bonds. The molecular weight excluding hydrogens is 394 g/mol. The van der Waals surface area contributed by atoms with Gasteiger partial charge in [-0.05, 0) is 43.3 Å². The number of hydrogen-bond acceptors (Lipinski definition) is 5. The molecule has 3 aromatic rings. The Bertz CT molecular complexity index is 1040. The van der Waals surface area contributed by atoms with Crippen molar-refractivity contribution in [3.05, 3.63) is 72.6 Å². The number of aromatic nitrogens is 2. The minimum Gasteiger partial charge on any atom is -0.461 e. The Labute approximate surface area is 181 Å². The van der Waals surface area contributed by atoms with Crippen LogP contribution in [0.4, 0.5) is 16.2 Å². The Morgan fingerprint density at radius 2 is 1.71 bits per heavy atom. The summed E-state index contributed by atoms with van der Waals surface area (Å²) < 4.78 is 6.56. The first-order chi connectivity index (χ1) is 15.1. The van der Waals surface area contributed by atoms with E-state index in [0.29, 0.717) is 25.4 Å². The number of para-hydroxylation sites is 1. The van der Waals surface area contributed by atoms with E-state index >= 15 is 0 Å². The fraction of sp³-hybridized carbons (Fsp3) is 0.261. The quantitative estimate of drug-likeness (QED) is 0.641. The molecule has 1 aliphatic heterocycles. The molecule has 0 bridgehead atoms. The van der Waals surface area contributed by atoms with Gasteiger partial charge >= 0.3 is 12.0 Å². The number of esters is 1. The number of anilines is 2. The molecule has 0 radical (unpaired) electrons. The third kappa shape index (κ3) is 4.85. The lowest BCUT2D eigenvalue weighted by Crippen LogP contribution is -2.50. The van der Waals surface area contributed by atoms with Gasteiger partial charge in [-0.3, -0.25) is 0 Å². The van der Waals surface area contributed by atoms with Crippen LogP contribution in [0.2, 0.25) is 0 Å². The lowest BCUT2D eigenvalue weighted by atomic mass is 10.2. The highest BCUT2D eigenvalue weighted by molar-refractivity contribution is 5.90. The first kappa shape index (κ1) is 20.5. The molecule has 8 heteroatoms. The Morgan fingerprint density at radius 3 is 2.45 bits per heavy atom. The van der Waals surface area contributed by atoms with Crippen LogP contribution in [-0.2, 0) is 4.74 Å². The summed E-state index contributed by atoms with van der Waals surface area (Å²) >= 11 is 0. The minimum absolute atomic E-state index is 0.127. The van der Waals surface area contributed by atoms with Crippen molar-refractivity contribution in [2.75, 3.05) is 43.0 Å². The van der Waals surface area contributed by atoms with Crippen LogP contribution in [0, 0.1) is 0 Å². The number of carbonyl (C=O) groups excluding carboxylic acids is 2. The van der Waals surface area contributed by atoms with E-state index in [4.69, 9.17) is 4.74 Å². The number of nitrogens with zero attached hydrogens (tertiary/aromatic N) is 4. The van der Waals surface area contributed by atoms with E-state index in [-0.39, 0.29) is 11.7 Å². The number of benzene rings is 2. The Balaban J connectivity index is 1.37. The van der Waals surface area contributed by atoms with Gasteiger partial charge < -0.3 is 19.9 Å². The highest BCUT2D eigenvalue weighted by atomic mass is 16.5. The second-order valence-corrected chi connectivity index (χ2v) is 7.16. The SMILES string of the molecule is CCOC(=O)c1ccn(-c2cccc(NC(=O)N3CCN(c4ccccc4)CC3)c2)n1. The third-order valence-electron chi connectivity index (χ3n) is 5.12. The Hall–Kier alpha value is -3.81. The molecule has 31 heavy (non-hydrogen) atoms. The molecule has 1 aliphatic rings. The standard InChI is InChI=1S/C23H25N5O3/c1-2-31-22(29)21-11-12-28(25-21)20-10-6-7-18(17-20)24-23(30)27-15-13-26(14-16-27)19-8-4-3-5-9-19/h3-12,17H,2,13-16H2,1H3,(H,24,30). The predicted octanol–water partition coefficient (Wildman–Crippen LogP) is 3.40. The zero-order chi connectivity index (χ0) is 21.6. The van der Waals surface area contributed by atoms with Crippen molar-refractivity contribution in [2.24, 2.45) is 0 Å². The molecule has 4 rings (SSSR count). The monoisotopic (exact) mass is 419 g/mol. The van der Waals surface area contributed by atoms with Crippen LogP contribution in [-0.4, -0.2) is 59.5 Å². The molecule has 0 unspecified atom stereocenters. The summed E-state index contributed by atoms with van der Waals surface area (Å²) in [5.74, 6) is -0.458. The molecule has 1 N–H and O–H groups in total. The van der Waals surface area contributed by atoms with Crippen LogP contribution >= 0.6 is 0 Å². The minimum atomic E-state index is -0.458. The van der Waals surface area contributed by atoms with Crippen molar-refractivity contribution < 1.29 is 14.3 Å². The normalized spacial score (nSPS) is 13.7. The molecule has 1 aromatic heterocycles. The van der Waals surface area contributed by atoms with Crippen LogP contribution < -0.4 is 10.2 Å². The van der Waals surface area contributed by atoms with Gasteiger partial charge in [-0.2, -0.15) is 5.10 Å². The van der Waals surface area contributed by atoms with Gasteiger partial charge in [0.05, 0.1) is 12.3 Å². The average Bonchev–Trinajstić information content (AvgIpc) is 3.31. The molecule has 0 atom stereocenters. The van der Waals surface area contributed by atoms with Crippen LogP contribution in [0.5, 0.6) is 0 Å². The topological polar surface area (TPSA) is 79.7 Å². The first-order valence-corrected chi connectivity index (χ1v) is 10.3. The fourth-order valence-corrected chi connectivity index (χ4v) is 3.52. The predicted molar refractivity (Wildman–Crippen MR) is 119 cm³/mol. The molecule has 0 aliphatic carbocycles. The van der Waals surface area contributed by atoms with Gasteiger partial charge in [-0.15, -0.1) is 0 Å². The molecule has 0 spiro atoms. The van der Waals surface area contributed by atoms with Crippen LogP contribution in [0.3, 0.4) is 0 Å². The van der Waals surface area contributed by atoms with Gasteiger partial charge in [0.25, 0.3) is 0 Å². The molecule has 1 fully saturated rings. The molecule has 2 heterocycles. The van der Waals surface area contributed by atoms with Gasteiger partial charge in [0, 0.05) is 43.8 Å². The van der Waals surface area contributed by atoms with E-state index in [1.165, 1.54) is 5.69 Å². The van der Waals surface area contributed by atoms with Gasteiger partial charge in [0.1, 0.15) is 0 Å². The molecule has 2 aromatic carbocycles. The van der Waals surface area contributed by atoms with Gasteiger partial charge in [-0.25, -0.2) is 14.3 Å². The molecule has 0 saturated carbocycles. The Morgan fingerprint density at radius 1 is 0.968 bits per heavy atom. The summed E-state index contributed by atoms with van der Waals surface area (Å²) in [7, 11) is 0. The van der Waals surface area contributed by atoms with Gasteiger partial charge in [-0.1, -0.05) is 24.3 Å². The van der Waals surface area contributed by atoms with Crippen LogP contribution in [0.15, 0.2) is 66.9 Å². The zero-order valence-electron chi connectivity index (χ0n) is 17.4. The fourth-order valence-electron chi connectivity index (χ4n) is 3.52. The van der Waals surface area contributed by atoms with E-state index in [1.54, 1.807) is 23.9 Å². The maximum absolute atomic E-state index is 12.7. The second-order valence-electron chi connectivity index (χ2n) is 7.16. The van der Waals surface area contributed by atoms with Crippen molar-refractivity contribution in [1.82, 2.24) is 14.7 Å². The smallest absolute Gasteiger partial charge is 0.358 e. The maximum Gasteiger partial charge on any atom is 0.358 e. The van der Waals surface area contributed by atoms with Crippen molar-refractivity contribution in [3.63, 3.8) is 0 Å². The third-order valence-corrected chi connectivity index (χ3v) is 5.12. The summed E-state index contributed by atoms with van der Waals surface area (Å²) in [6.07, 6.45) is 1.69. The summed E-state index contributed by atoms with van der Waals surface area (Å²) in [5, 5.41) is 7.22. The molecule has 8 nitrogen and oxygen atoms in total. The van der Waals surface area contributed by atoms with Crippen LogP contribution in [0.25, 0.3) is 5.69 Å². The second kappa shape index (κ2) is 9.34. The molecule has 1 saturated heterocycles. The number of hydrogen-bond donors (Lipinski definition) is 1. The van der Waals surface area contributed by atoms with Crippen molar-refractivity contribution in [3.8, 4) is 5.69 Å². The number of nitrogens with one attached hydrogen (secondary N) is 1. The maximum atomic E-state index is 12.7. The van der Waals surface area contributed by atoms with E-state index in [2.05, 4.69) is 27.4 Å². The van der Waals surface area contributed by atoms with Crippen LogP contribution in [0.1, 0.15) is 17.4 Å². The number of urea groups is 1. The number of amides is 2. The number of carbonyl (C=O) groups is 2. The lowest BCUT2D eigenvalue weighted by Gasteiger charge is -2.36. The van der Waals surface area contributed by atoms with Crippen molar-refractivity contribution >= 4 is 23.4 Å². The first-order valence-electron chi connectivity index (χ1n) is 10.3. The Kier molecular flexibility index (Phi) is 6.16. The van der Waals surface area contributed by atoms with E-state index in [0.717, 1.165) is 18.8 Å². The number of piperazine rings is 1. The zero-order valence-corrected chi connectivity index (χ0v) is 17.4. The van der Waals surface area contributed by atoms with E-state index in [1.807, 2.05) is 47.4 Å². The van der Waals surface area contributed by atoms with E-state index in [9.17, 15) is 9.59 Å². The number of rotatable bonds is 5. The summed E-state index contributed by atoms with van der Waals surface area (Å²) in [4.78, 5) is 28.7. The van der Waals surface area contributed by atoms with Crippen molar-refractivity contribution in [2.45, 2.75) is 6.92 Å². The summed E-state index contributed by atoms with van der Waals surface area (Å²) in [5.41, 5.74) is 2.83. The average molecular weight is 419 g/mol. The molecule has 160 valence electrons. The largest absolute Gasteiger partial charge is 0.461 e. The van der Waals surface area contributed by atoms with Gasteiger partial charge in [0.2, 0.25) is 0 Å². The lowest BCUT2D eigenvalue weighted by molar-refractivity contribution is 0.0519. The highest BCUT2D eigenvalue weighted by Crippen LogP contribution is 2.18. The van der Waals surface area contributed by atoms with E-state index < -0.39 is 5.97 Å². The summed E-state index contributed by atoms with van der Waals surface area (Å²) in [6, 6.07) is 19.0. The summed E-state index contributed by atoms with van der Waals surface area (Å²) in [6.45, 7) is 4.95.